The van der Waals surface area contributed by atoms with Gasteiger partial charge in [-0.05, 0) is 48.1 Å². The monoisotopic (exact) mass is 259 g/mol. The Morgan fingerprint density at radius 3 is 3.00 bits per heavy atom. The van der Waals surface area contributed by atoms with Gasteiger partial charge in [-0.3, -0.25) is 0 Å². The zero-order valence-electron chi connectivity index (χ0n) is 11.8. The van der Waals surface area contributed by atoms with Crippen LogP contribution in [0, 0.1) is 5.41 Å². The van der Waals surface area contributed by atoms with Crippen LogP contribution in [0.2, 0.25) is 0 Å². The molecule has 0 unspecified atom stereocenters. The average Bonchev–Trinajstić information content (AvgIpc) is 2.35. The molecule has 0 amide bonds. The SMILES string of the molecule is CCOC(=O)/C=C/c1ccc2c(c1)CC(C)(C)CN2. The fraction of sp³-hybridized carbons (Fsp3) is 0.438. The number of fused-ring (bicyclic) bond motifs is 1. The van der Waals surface area contributed by atoms with Crippen LogP contribution in [-0.4, -0.2) is 19.1 Å². The van der Waals surface area contributed by atoms with Crippen molar-refractivity contribution >= 4 is 17.7 Å². The molecule has 0 saturated carbocycles. The second-order valence-corrected chi connectivity index (χ2v) is 5.70. The number of carbonyl (C=O) groups excluding carboxylic acids is 1. The summed E-state index contributed by atoms with van der Waals surface area (Å²) in [5.41, 5.74) is 3.82. The minimum atomic E-state index is -0.293. The maximum atomic E-state index is 11.3. The van der Waals surface area contributed by atoms with Crippen LogP contribution in [-0.2, 0) is 16.0 Å². The first kappa shape index (κ1) is 13.7. The molecule has 0 radical (unpaired) electrons. The quantitative estimate of drug-likeness (QED) is 0.669. The van der Waals surface area contributed by atoms with E-state index in [1.54, 1.807) is 13.0 Å². The van der Waals surface area contributed by atoms with Gasteiger partial charge in [-0.15, -0.1) is 0 Å². The summed E-state index contributed by atoms with van der Waals surface area (Å²) in [5, 5.41) is 3.45. The Hall–Kier alpha value is -1.77. The number of esters is 1. The molecule has 19 heavy (non-hydrogen) atoms. The molecule has 1 aromatic carbocycles. The van der Waals surface area contributed by atoms with Crippen LogP contribution in [0.15, 0.2) is 24.3 Å². The summed E-state index contributed by atoms with van der Waals surface area (Å²) in [5.74, 6) is -0.293. The Balaban J connectivity index is 2.15. The van der Waals surface area contributed by atoms with E-state index < -0.39 is 0 Å². The Morgan fingerprint density at radius 1 is 1.47 bits per heavy atom. The first-order valence-electron chi connectivity index (χ1n) is 6.72. The normalized spacial score (nSPS) is 16.8. The van der Waals surface area contributed by atoms with Gasteiger partial charge in [-0.2, -0.15) is 0 Å². The number of carbonyl (C=O) groups is 1. The molecular formula is C16H21NO2. The van der Waals surface area contributed by atoms with Gasteiger partial charge in [0.2, 0.25) is 0 Å². The van der Waals surface area contributed by atoms with Gasteiger partial charge in [0.05, 0.1) is 6.61 Å². The molecule has 1 N–H and O–H groups in total. The van der Waals surface area contributed by atoms with E-state index >= 15 is 0 Å². The molecule has 0 aliphatic carbocycles. The molecule has 0 atom stereocenters. The van der Waals surface area contributed by atoms with E-state index in [4.69, 9.17) is 4.74 Å². The molecule has 1 aromatic rings. The Kier molecular flexibility index (Phi) is 3.93. The van der Waals surface area contributed by atoms with Gasteiger partial charge < -0.3 is 10.1 Å². The van der Waals surface area contributed by atoms with Crippen LogP contribution >= 0.6 is 0 Å². The van der Waals surface area contributed by atoms with Gasteiger partial charge in [0.15, 0.2) is 0 Å². The summed E-state index contributed by atoms with van der Waals surface area (Å²) in [7, 11) is 0. The second kappa shape index (κ2) is 5.47. The third kappa shape index (κ3) is 3.60. The molecule has 3 nitrogen and oxygen atoms in total. The summed E-state index contributed by atoms with van der Waals surface area (Å²) in [6.45, 7) is 7.72. The lowest BCUT2D eigenvalue weighted by Crippen LogP contribution is -2.30. The topological polar surface area (TPSA) is 38.3 Å². The first-order chi connectivity index (χ1) is 9.00. The van der Waals surface area contributed by atoms with Crippen LogP contribution in [0.1, 0.15) is 31.9 Å². The molecular weight excluding hydrogens is 238 g/mol. The summed E-state index contributed by atoms with van der Waals surface area (Å²) in [4.78, 5) is 11.3. The zero-order chi connectivity index (χ0) is 13.9. The van der Waals surface area contributed by atoms with Gasteiger partial charge in [-0.1, -0.05) is 19.9 Å². The Bertz CT molecular complexity index is 503. The average molecular weight is 259 g/mol. The fourth-order valence-corrected chi connectivity index (χ4v) is 2.30. The highest BCUT2D eigenvalue weighted by Crippen LogP contribution is 2.32. The summed E-state index contributed by atoms with van der Waals surface area (Å²) >= 11 is 0. The largest absolute Gasteiger partial charge is 0.463 e. The minimum Gasteiger partial charge on any atom is -0.463 e. The van der Waals surface area contributed by atoms with E-state index in [0.29, 0.717) is 6.61 Å². The van der Waals surface area contributed by atoms with Crippen molar-refractivity contribution in [2.24, 2.45) is 5.41 Å². The van der Waals surface area contributed by atoms with Crippen molar-refractivity contribution in [3.05, 3.63) is 35.4 Å². The molecule has 1 aliphatic rings. The summed E-state index contributed by atoms with van der Waals surface area (Å²) < 4.78 is 4.87. The van der Waals surface area contributed by atoms with E-state index in [1.165, 1.54) is 17.3 Å². The van der Waals surface area contributed by atoms with E-state index in [9.17, 15) is 4.79 Å². The number of benzene rings is 1. The number of hydrogen-bond acceptors (Lipinski definition) is 3. The van der Waals surface area contributed by atoms with Crippen LogP contribution in [0.3, 0.4) is 0 Å². The van der Waals surface area contributed by atoms with Crippen molar-refractivity contribution in [1.82, 2.24) is 0 Å². The molecule has 3 heteroatoms. The highest BCUT2D eigenvalue weighted by atomic mass is 16.5. The summed E-state index contributed by atoms with van der Waals surface area (Å²) in [6, 6.07) is 6.23. The fourth-order valence-electron chi connectivity index (χ4n) is 2.30. The maximum absolute atomic E-state index is 11.3. The standard InChI is InChI=1S/C16H21NO2/c1-4-19-15(18)8-6-12-5-7-14-13(9-12)10-16(2,3)11-17-14/h5-9,17H,4,10-11H2,1-3H3/b8-6+. The molecule has 0 spiro atoms. The molecule has 102 valence electrons. The molecule has 1 heterocycles. The number of rotatable bonds is 3. The van der Waals surface area contributed by atoms with Crippen LogP contribution in [0.5, 0.6) is 0 Å². The lowest BCUT2D eigenvalue weighted by Gasteiger charge is -2.32. The predicted molar refractivity (Wildman–Crippen MR) is 78.1 cm³/mol. The third-order valence-corrected chi connectivity index (χ3v) is 3.25. The predicted octanol–water partition coefficient (Wildman–Crippen LogP) is 3.26. The van der Waals surface area contributed by atoms with Gasteiger partial charge >= 0.3 is 5.97 Å². The summed E-state index contributed by atoms with van der Waals surface area (Å²) in [6.07, 6.45) is 4.34. The molecule has 0 saturated heterocycles. The molecule has 0 fully saturated rings. The number of nitrogens with one attached hydrogen (secondary N) is 1. The van der Waals surface area contributed by atoms with Crippen LogP contribution in [0.4, 0.5) is 5.69 Å². The van der Waals surface area contributed by atoms with Crippen LogP contribution < -0.4 is 5.32 Å². The van der Waals surface area contributed by atoms with E-state index in [2.05, 4.69) is 31.3 Å². The molecule has 1 aliphatic heterocycles. The van der Waals surface area contributed by atoms with Crippen molar-refractivity contribution in [3.8, 4) is 0 Å². The maximum Gasteiger partial charge on any atom is 0.330 e. The molecule has 0 bridgehead atoms. The lowest BCUT2D eigenvalue weighted by molar-refractivity contribution is -0.137. The lowest BCUT2D eigenvalue weighted by atomic mass is 9.82. The minimum absolute atomic E-state index is 0.274. The highest BCUT2D eigenvalue weighted by Gasteiger charge is 2.24. The number of anilines is 1. The highest BCUT2D eigenvalue weighted by molar-refractivity contribution is 5.87. The Morgan fingerprint density at radius 2 is 2.26 bits per heavy atom. The van der Waals surface area contributed by atoms with Crippen molar-refractivity contribution in [2.75, 3.05) is 18.5 Å². The first-order valence-corrected chi connectivity index (χ1v) is 6.72. The third-order valence-electron chi connectivity index (χ3n) is 3.25. The van der Waals surface area contributed by atoms with Crippen molar-refractivity contribution in [2.45, 2.75) is 27.2 Å². The van der Waals surface area contributed by atoms with Gasteiger partial charge in [0.25, 0.3) is 0 Å². The molecule has 0 aromatic heterocycles. The number of ether oxygens (including phenoxy) is 1. The van der Waals surface area contributed by atoms with Gasteiger partial charge in [-0.25, -0.2) is 4.79 Å². The van der Waals surface area contributed by atoms with E-state index in [1.807, 2.05) is 6.07 Å². The Labute approximate surface area is 114 Å². The van der Waals surface area contributed by atoms with Gasteiger partial charge in [0.1, 0.15) is 0 Å². The zero-order valence-corrected chi connectivity index (χ0v) is 11.8. The van der Waals surface area contributed by atoms with Crippen LogP contribution in [0.25, 0.3) is 6.08 Å². The van der Waals surface area contributed by atoms with Crippen molar-refractivity contribution < 1.29 is 9.53 Å². The van der Waals surface area contributed by atoms with E-state index in [-0.39, 0.29) is 11.4 Å². The number of hydrogen-bond donors (Lipinski definition) is 1. The van der Waals surface area contributed by atoms with E-state index in [0.717, 1.165) is 18.5 Å². The smallest absolute Gasteiger partial charge is 0.330 e. The molecule has 2 rings (SSSR count). The van der Waals surface area contributed by atoms with Gasteiger partial charge in [0, 0.05) is 18.3 Å². The second-order valence-electron chi connectivity index (χ2n) is 5.70. The van der Waals surface area contributed by atoms with Crippen molar-refractivity contribution in [1.29, 1.82) is 0 Å². The van der Waals surface area contributed by atoms with Crippen molar-refractivity contribution in [3.63, 3.8) is 0 Å².